The molecule has 0 atom stereocenters. The van der Waals surface area contributed by atoms with E-state index in [0.717, 1.165) is 31.3 Å². The highest BCUT2D eigenvalue weighted by Gasteiger charge is 2.44. The number of hydrogen-bond donors (Lipinski definition) is 1. The molecule has 1 aromatic rings. The van der Waals surface area contributed by atoms with E-state index < -0.39 is 0 Å². The lowest BCUT2D eigenvalue weighted by molar-refractivity contribution is 0.413. The normalized spacial score (nSPS) is 19.1. The van der Waals surface area contributed by atoms with Crippen LogP contribution in [0.25, 0.3) is 0 Å². The van der Waals surface area contributed by atoms with Crippen LogP contribution in [0.5, 0.6) is 5.75 Å². The Morgan fingerprint density at radius 1 is 1.40 bits per heavy atom. The van der Waals surface area contributed by atoms with Crippen LogP contribution in [0.3, 0.4) is 0 Å². The molecule has 0 aromatic heterocycles. The first-order valence-electron chi connectivity index (χ1n) is 6.87. The van der Waals surface area contributed by atoms with E-state index in [0.29, 0.717) is 0 Å². The van der Waals surface area contributed by atoms with Gasteiger partial charge in [0.2, 0.25) is 0 Å². The summed E-state index contributed by atoms with van der Waals surface area (Å²) in [6.45, 7) is 2.89. The molecule has 2 aliphatic rings. The Hall–Kier alpha value is -0.980. The molecule has 1 saturated carbocycles. The van der Waals surface area contributed by atoms with Crippen LogP contribution in [-0.4, -0.2) is 44.7 Å². The minimum Gasteiger partial charge on any atom is -0.497 e. The van der Waals surface area contributed by atoms with Crippen molar-refractivity contribution >= 4 is 29.9 Å². The Balaban J connectivity index is 0.00000147. The van der Waals surface area contributed by atoms with Crippen molar-refractivity contribution in [2.24, 2.45) is 4.99 Å². The Labute approximate surface area is 137 Å². The Morgan fingerprint density at radius 2 is 2.20 bits per heavy atom. The number of ether oxygens (including phenoxy) is 1. The lowest BCUT2D eigenvalue weighted by atomic mass is 9.96. The zero-order chi connectivity index (χ0) is 13.3. The van der Waals surface area contributed by atoms with E-state index in [-0.39, 0.29) is 29.4 Å². The number of hydrogen-bond acceptors (Lipinski definition) is 4. The molecule has 0 spiro atoms. The minimum absolute atomic E-state index is 0. The highest BCUT2D eigenvalue weighted by atomic mass is 127. The summed E-state index contributed by atoms with van der Waals surface area (Å²) >= 11 is 0. The maximum atomic E-state index is 5.32. The fourth-order valence-corrected chi connectivity index (χ4v) is 2.64. The lowest BCUT2D eigenvalue weighted by Gasteiger charge is -2.21. The number of methoxy groups -OCH3 is 1. The monoisotopic (exact) mass is 387 g/mol. The molecule has 1 aliphatic heterocycles. The van der Waals surface area contributed by atoms with Crippen LogP contribution in [0.1, 0.15) is 18.4 Å². The second kappa shape index (κ2) is 6.20. The van der Waals surface area contributed by atoms with Crippen molar-refractivity contribution in [1.29, 1.82) is 0 Å². The molecule has 1 N–H and O–H groups in total. The molecule has 1 aliphatic carbocycles. The van der Waals surface area contributed by atoms with Gasteiger partial charge in [0.05, 0.1) is 13.7 Å². The van der Waals surface area contributed by atoms with Crippen molar-refractivity contribution in [3.05, 3.63) is 29.8 Å². The molecule has 1 fully saturated rings. The Bertz CT molecular complexity index is 500. The predicted octanol–water partition coefficient (Wildman–Crippen LogP) is 2.24. The van der Waals surface area contributed by atoms with Gasteiger partial charge < -0.3 is 15.0 Å². The molecule has 1 heterocycles. The number of guanidine groups is 1. The third-order valence-electron chi connectivity index (χ3n) is 4.18. The summed E-state index contributed by atoms with van der Waals surface area (Å²) in [7, 11) is 3.81. The SMILES string of the molecule is COc1cccc(C2(CNC3=NCCN3C)CC2)c1.I. The third kappa shape index (κ3) is 3.02. The van der Waals surface area contributed by atoms with Crippen molar-refractivity contribution in [2.75, 3.05) is 33.8 Å². The number of rotatable bonds is 4. The number of likely N-dealkylation sites (N-methyl/N-ethyl adjacent to an activating group) is 1. The largest absolute Gasteiger partial charge is 0.497 e. The smallest absolute Gasteiger partial charge is 0.193 e. The topological polar surface area (TPSA) is 36.9 Å². The first-order chi connectivity index (χ1) is 9.23. The van der Waals surface area contributed by atoms with Gasteiger partial charge in [0.15, 0.2) is 5.96 Å². The van der Waals surface area contributed by atoms with Crippen LogP contribution in [0.15, 0.2) is 29.3 Å². The Kier molecular flexibility index (Phi) is 4.78. The van der Waals surface area contributed by atoms with E-state index in [4.69, 9.17) is 4.74 Å². The number of nitrogens with one attached hydrogen (secondary N) is 1. The van der Waals surface area contributed by atoms with Crippen LogP contribution in [0, 0.1) is 0 Å². The molecule has 0 unspecified atom stereocenters. The fourth-order valence-electron chi connectivity index (χ4n) is 2.64. The van der Waals surface area contributed by atoms with Gasteiger partial charge in [0.25, 0.3) is 0 Å². The quantitative estimate of drug-likeness (QED) is 0.806. The molecule has 4 nitrogen and oxygen atoms in total. The summed E-state index contributed by atoms with van der Waals surface area (Å²) < 4.78 is 5.32. The first kappa shape index (κ1) is 15.4. The molecule has 3 rings (SSSR count). The lowest BCUT2D eigenvalue weighted by Crippen LogP contribution is -2.39. The molecule has 0 amide bonds. The van der Waals surface area contributed by atoms with Gasteiger partial charge in [0, 0.05) is 25.6 Å². The highest BCUT2D eigenvalue weighted by Crippen LogP contribution is 2.48. The van der Waals surface area contributed by atoms with E-state index >= 15 is 0 Å². The molecule has 0 bridgehead atoms. The van der Waals surface area contributed by atoms with Crippen LogP contribution in [0.4, 0.5) is 0 Å². The molecular weight excluding hydrogens is 365 g/mol. The standard InChI is InChI=1S/C15H21N3O.HI/c1-18-9-8-16-14(18)17-11-15(6-7-15)12-4-3-5-13(10-12)19-2;/h3-5,10H,6-9,11H2,1-2H3,(H,16,17);1H. The summed E-state index contributed by atoms with van der Waals surface area (Å²) in [4.78, 5) is 6.66. The summed E-state index contributed by atoms with van der Waals surface area (Å²) in [5.74, 6) is 1.98. The van der Waals surface area contributed by atoms with Gasteiger partial charge in [-0.15, -0.1) is 24.0 Å². The van der Waals surface area contributed by atoms with Crippen molar-refractivity contribution < 1.29 is 4.74 Å². The van der Waals surface area contributed by atoms with Crippen molar-refractivity contribution in [3.8, 4) is 5.75 Å². The Morgan fingerprint density at radius 3 is 2.80 bits per heavy atom. The number of benzene rings is 1. The molecule has 20 heavy (non-hydrogen) atoms. The molecule has 1 aromatic carbocycles. The highest BCUT2D eigenvalue weighted by molar-refractivity contribution is 14.0. The zero-order valence-electron chi connectivity index (χ0n) is 12.1. The molecular formula is C15H22IN3O. The van der Waals surface area contributed by atoms with E-state index in [2.05, 4.69) is 40.5 Å². The summed E-state index contributed by atoms with van der Waals surface area (Å²) in [6.07, 6.45) is 2.48. The van der Waals surface area contributed by atoms with Crippen molar-refractivity contribution in [3.63, 3.8) is 0 Å². The first-order valence-corrected chi connectivity index (χ1v) is 6.87. The zero-order valence-corrected chi connectivity index (χ0v) is 14.4. The maximum Gasteiger partial charge on any atom is 0.193 e. The van der Waals surface area contributed by atoms with Crippen molar-refractivity contribution in [2.45, 2.75) is 18.3 Å². The van der Waals surface area contributed by atoms with E-state index in [1.165, 1.54) is 18.4 Å². The molecule has 5 heteroatoms. The van der Waals surface area contributed by atoms with E-state index in [1.807, 2.05) is 6.07 Å². The van der Waals surface area contributed by atoms with Gasteiger partial charge in [-0.1, -0.05) is 12.1 Å². The van der Waals surface area contributed by atoms with Gasteiger partial charge in [-0.3, -0.25) is 4.99 Å². The molecule has 0 saturated heterocycles. The maximum absolute atomic E-state index is 5.32. The average molecular weight is 387 g/mol. The van der Waals surface area contributed by atoms with Crippen LogP contribution >= 0.6 is 24.0 Å². The van der Waals surface area contributed by atoms with Gasteiger partial charge in [-0.05, 0) is 30.5 Å². The second-order valence-electron chi connectivity index (χ2n) is 5.49. The van der Waals surface area contributed by atoms with Crippen molar-refractivity contribution in [1.82, 2.24) is 10.2 Å². The van der Waals surface area contributed by atoms with Gasteiger partial charge >= 0.3 is 0 Å². The average Bonchev–Trinajstić information content (AvgIpc) is 3.14. The van der Waals surface area contributed by atoms with Crippen LogP contribution in [0.2, 0.25) is 0 Å². The second-order valence-corrected chi connectivity index (χ2v) is 5.49. The third-order valence-corrected chi connectivity index (χ3v) is 4.18. The summed E-state index contributed by atoms with van der Waals surface area (Å²) in [5.41, 5.74) is 1.65. The van der Waals surface area contributed by atoms with E-state index in [1.54, 1.807) is 7.11 Å². The molecule has 0 radical (unpaired) electrons. The van der Waals surface area contributed by atoms with Crippen LogP contribution in [-0.2, 0) is 5.41 Å². The summed E-state index contributed by atoms with van der Waals surface area (Å²) in [5, 5.41) is 3.51. The van der Waals surface area contributed by atoms with Crippen LogP contribution < -0.4 is 10.1 Å². The van der Waals surface area contributed by atoms with Gasteiger partial charge in [-0.25, -0.2) is 0 Å². The van der Waals surface area contributed by atoms with Gasteiger partial charge in [-0.2, -0.15) is 0 Å². The molecule has 110 valence electrons. The summed E-state index contributed by atoms with van der Waals surface area (Å²) in [6, 6.07) is 8.45. The fraction of sp³-hybridized carbons (Fsp3) is 0.533. The number of aliphatic imine (C=N–C) groups is 1. The van der Waals surface area contributed by atoms with E-state index in [9.17, 15) is 0 Å². The number of halogens is 1. The predicted molar refractivity (Wildman–Crippen MR) is 92.3 cm³/mol. The minimum atomic E-state index is 0. The number of nitrogens with zero attached hydrogens (tertiary/aromatic N) is 2. The van der Waals surface area contributed by atoms with Gasteiger partial charge in [0.1, 0.15) is 5.75 Å².